The molecule has 0 aliphatic carbocycles. The molecule has 0 spiro atoms. The molecule has 0 N–H and O–H groups in total. The Bertz CT molecular complexity index is 697. The molecule has 0 amide bonds. The van der Waals surface area contributed by atoms with Crippen molar-refractivity contribution in [2.24, 2.45) is 0 Å². The third-order valence-electron chi connectivity index (χ3n) is 3.42. The average Bonchev–Trinajstić information content (AvgIpc) is 2.45. The van der Waals surface area contributed by atoms with Gasteiger partial charge >= 0.3 is 0 Å². The molecule has 0 radical (unpaired) electrons. The lowest BCUT2D eigenvalue weighted by molar-refractivity contribution is 1.71. The van der Waals surface area contributed by atoms with Crippen molar-refractivity contribution in [3.63, 3.8) is 0 Å². The van der Waals surface area contributed by atoms with Crippen LogP contribution in [-0.2, 0) is 0 Å². The summed E-state index contributed by atoms with van der Waals surface area (Å²) in [7, 11) is 0. The lowest BCUT2D eigenvalue weighted by Gasteiger charge is -2.12. The zero-order valence-corrected chi connectivity index (χ0v) is 10.2. The van der Waals surface area contributed by atoms with E-state index in [1.807, 2.05) is 12.2 Å². The summed E-state index contributed by atoms with van der Waals surface area (Å²) >= 11 is 0. The highest BCUT2D eigenvalue weighted by molar-refractivity contribution is 6.14. The zero-order valence-electron chi connectivity index (χ0n) is 10.2. The maximum Gasteiger partial charge on any atom is -0.00990 e. The first-order chi connectivity index (χ1) is 8.86. The van der Waals surface area contributed by atoms with Crippen molar-refractivity contribution in [1.29, 1.82) is 0 Å². The van der Waals surface area contributed by atoms with E-state index in [9.17, 15) is 0 Å². The highest BCUT2D eigenvalue weighted by Crippen LogP contribution is 2.33. The second-order valence-corrected chi connectivity index (χ2v) is 4.33. The van der Waals surface area contributed by atoms with Gasteiger partial charge in [0.05, 0.1) is 0 Å². The summed E-state index contributed by atoms with van der Waals surface area (Å²) in [6, 6.07) is 16.9. The molecule has 0 saturated carbocycles. The Labute approximate surface area is 129 Å². The molecule has 0 aromatic heterocycles. The van der Waals surface area contributed by atoms with E-state index >= 15 is 0 Å². The zero-order chi connectivity index (χ0) is 12.5. The summed E-state index contributed by atoms with van der Waals surface area (Å²) in [6.07, 6.45) is 3.84. The number of fused-ring (bicyclic) bond motifs is 3. The lowest BCUT2D eigenvalue weighted by Crippen LogP contribution is -1.88. The van der Waals surface area contributed by atoms with E-state index in [-0.39, 0.29) is 22.3 Å². The smallest absolute Gasteiger partial charge is 0.00990 e. The van der Waals surface area contributed by atoms with Gasteiger partial charge in [0.2, 0.25) is 0 Å². The van der Waals surface area contributed by atoms with Crippen molar-refractivity contribution >= 4 is 33.7 Å². The van der Waals surface area contributed by atoms with E-state index in [1.54, 1.807) is 0 Å². The summed E-state index contributed by atoms with van der Waals surface area (Å²) < 4.78 is 0. The van der Waals surface area contributed by atoms with Crippen LogP contribution >= 0.6 is 0 Å². The first-order valence-corrected chi connectivity index (χ1v) is 6.05. The fourth-order valence-corrected chi connectivity index (χ4v) is 2.64. The molecule has 3 aromatic rings. The standard InChI is InChI=1S/C18H14.3CH4/c1-3-13-14(4-2)16-10-6-8-12-18(16)17-11-7-5-9-15(13)17;;;/h3-12H,1-2H2;3*1H4. The Kier molecular flexibility index (Phi) is 6.61. The van der Waals surface area contributed by atoms with E-state index in [0.717, 1.165) is 0 Å². The van der Waals surface area contributed by atoms with Crippen LogP contribution in [0.1, 0.15) is 33.4 Å². The minimum atomic E-state index is 0. The van der Waals surface area contributed by atoms with Crippen molar-refractivity contribution in [2.75, 3.05) is 0 Å². The second kappa shape index (κ2) is 7.44. The molecule has 0 heteroatoms. The van der Waals surface area contributed by atoms with Crippen molar-refractivity contribution in [1.82, 2.24) is 0 Å². The van der Waals surface area contributed by atoms with Gasteiger partial charge in [-0.25, -0.2) is 0 Å². The molecule has 3 rings (SSSR count). The molecule has 0 bridgehead atoms. The summed E-state index contributed by atoms with van der Waals surface area (Å²) in [6.45, 7) is 7.90. The molecule has 3 aromatic carbocycles. The monoisotopic (exact) mass is 278 g/mol. The quantitative estimate of drug-likeness (QED) is 0.435. The van der Waals surface area contributed by atoms with Crippen LogP contribution in [0.3, 0.4) is 0 Å². The molecule has 0 atom stereocenters. The maximum absolute atomic E-state index is 3.95. The van der Waals surface area contributed by atoms with Crippen molar-refractivity contribution in [3.05, 3.63) is 72.8 Å². The maximum atomic E-state index is 3.95. The Morgan fingerprint density at radius 1 is 0.524 bits per heavy atom. The third-order valence-corrected chi connectivity index (χ3v) is 3.42. The summed E-state index contributed by atoms with van der Waals surface area (Å²) in [5, 5.41) is 5.02. The van der Waals surface area contributed by atoms with E-state index in [2.05, 4.69) is 61.7 Å². The van der Waals surface area contributed by atoms with E-state index < -0.39 is 0 Å². The second-order valence-electron chi connectivity index (χ2n) is 4.33. The van der Waals surface area contributed by atoms with E-state index in [1.165, 1.54) is 32.7 Å². The molecule has 0 nitrogen and oxygen atoms in total. The van der Waals surface area contributed by atoms with Crippen LogP contribution in [0.4, 0.5) is 0 Å². The van der Waals surface area contributed by atoms with Crippen molar-refractivity contribution < 1.29 is 0 Å². The minimum Gasteiger partial charge on any atom is -0.0984 e. The predicted molar refractivity (Wildman–Crippen MR) is 102 cm³/mol. The van der Waals surface area contributed by atoms with Crippen LogP contribution in [-0.4, -0.2) is 0 Å². The van der Waals surface area contributed by atoms with Gasteiger partial charge in [0, 0.05) is 0 Å². The molecule has 0 fully saturated rings. The molecule has 0 unspecified atom stereocenters. The highest BCUT2D eigenvalue weighted by Gasteiger charge is 2.09. The SMILES string of the molecule is C.C.C.C=Cc1c(C=C)c2ccccc2c2ccccc12. The first kappa shape index (κ1) is 18.7. The van der Waals surface area contributed by atoms with Crippen molar-refractivity contribution in [3.8, 4) is 0 Å². The van der Waals surface area contributed by atoms with Gasteiger partial charge < -0.3 is 0 Å². The van der Waals surface area contributed by atoms with Gasteiger partial charge in [-0.2, -0.15) is 0 Å². The van der Waals surface area contributed by atoms with Crippen LogP contribution < -0.4 is 0 Å². The van der Waals surface area contributed by atoms with Gasteiger partial charge in [-0.3, -0.25) is 0 Å². The average molecular weight is 278 g/mol. The van der Waals surface area contributed by atoms with Gasteiger partial charge in [0.15, 0.2) is 0 Å². The van der Waals surface area contributed by atoms with Gasteiger partial charge in [-0.15, -0.1) is 0 Å². The summed E-state index contributed by atoms with van der Waals surface area (Å²) in [4.78, 5) is 0. The molecule has 0 heterocycles. The van der Waals surface area contributed by atoms with Crippen LogP contribution in [0.25, 0.3) is 33.7 Å². The summed E-state index contributed by atoms with van der Waals surface area (Å²) in [5.41, 5.74) is 2.33. The Morgan fingerprint density at radius 2 is 0.810 bits per heavy atom. The molecule has 0 aliphatic heterocycles. The number of hydrogen-bond donors (Lipinski definition) is 0. The Balaban J connectivity index is 0.00000133. The Hall–Kier alpha value is -2.34. The van der Waals surface area contributed by atoms with Gasteiger partial charge in [-0.1, -0.05) is 96.1 Å². The Morgan fingerprint density at radius 3 is 1.10 bits per heavy atom. The van der Waals surface area contributed by atoms with Gasteiger partial charge in [0.1, 0.15) is 0 Å². The number of hydrogen-bond acceptors (Lipinski definition) is 0. The lowest BCUT2D eigenvalue weighted by atomic mass is 9.92. The number of benzene rings is 3. The predicted octanol–water partition coefficient (Wildman–Crippen LogP) is 7.19. The molecule has 0 aliphatic rings. The highest BCUT2D eigenvalue weighted by atomic mass is 14.1. The van der Waals surface area contributed by atoms with Crippen LogP contribution in [0.5, 0.6) is 0 Å². The van der Waals surface area contributed by atoms with Crippen molar-refractivity contribution in [2.45, 2.75) is 22.3 Å². The third kappa shape index (κ3) is 2.75. The van der Waals surface area contributed by atoms with Crippen LogP contribution in [0.15, 0.2) is 61.7 Å². The number of rotatable bonds is 2. The van der Waals surface area contributed by atoms with E-state index in [0.29, 0.717) is 0 Å². The fourth-order valence-electron chi connectivity index (χ4n) is 2.64. The molecule has 21 heavy (non-hydrogen) atoms. The molecule has 0 saturated heterocycles. The van der Waals surface area contributed by atoms with Crippen LogP contribution in [0.2, 0.25) is 0 Å². The minimum absolute atomic E-state index is 0. The molecule has 110 valence electrons. The fraction of sp³-hybridized carbons (Fsp3) is 0.143. The summed E-state index contributed by atoms with van der Waals surface area (Å²) in [5.74, 6) is 0. The first-order valence-electron chi connectivity index (χ1n) is 6.05. The topological polar surface area (TPSA) is 0 Å². The largest absolute Gasteiger partial charge is 0.0984 e. The van der Waals surface area contributed by atoms with Crippen LogP contribution in [0, 0.1) is 0 Å². The van der Waals surface area contributed by atoms with Gasteiger partial charge in [-0.05, 0) is 32.7 Å². The van der Waals surface area contributed by atoms with E-state index in [4.69, 9.17) is 0 Å². The normalized spacial score (nSPS) is 9.14. The molecular weight excluding hydrogens is 252 g/mol. The van der Waals surface area contributed by atoms with Gasteiger partial charge in [0.25, 0.3) is 0 Å². The molecular formula is C21H26.